The fraction of sp³-hybridized carbons (Fsp3) is 0.622. The number of aliphatic hydroxyl groups is 3. The van der Waals surface area contributed by atoms with Crippen molar-refractivity contribution in [3.05, 3.63) is 72.9 Å². The molecule has 0 rings (SSSR count). The minimum atomic E-state index is -1.04. The predicted octanol–water partition coefficient (Wildman–Crippen LogP) is 7.63. The molecule has 44 heavy (non-hydrogen) atoms. The zero-order valence-electron chi connectivity index (χ0n) is 27.5. The first-order chi connectivity index (χ1) is 21.2. The van der Waals surface area contributed by atoms with E-state index >= 15 is 0 Å². The lowest BCUT2D eigenvalue weighted by atomic mass is 10.0. The zero-order chi connectivity index (χ0) is 32.7. The molecule has 0 aromatic carbocycles. The van der Waals surface area contributed by atoms with Gasteiger partial charge in [0.2, 0.25) is 0 Å². The molecule has 250 valence electrons. The predicted molar refractivity (Wildman–Crippen MR) is 180 cm³/mol. The maximum atomic E-state index is 11.9. The van der Waals surface area contributed by atoms with Gasteiger partial charge in [-0.15, -0.1) is 0 Å². The van der Waals surface area contributed by atoms with Gasteiger partial charge >= 0.3 is 11.9 Å². The number of unbranched alkanes of at least 4 members (excludes halogenated alkanes) is 6. The van der Waals surface area contributed by atoms with Crippen LogP contribution in [0.3, 0.4) is 0 Å². The molecule has 0 saturated heterocycles. The van der Waals surface area contributed by atoms with Crippen molar-refractivity contribution in [3.63, 3.8) is 0 Å². The van der Waals surface area contributed by atoms with Crippen molar-refractivity contribution in [2.24, 2.45) is 5.92 Å². The van der Waals surface area contributed by atoms with Crippen LogP contribution < -0.4 is 0 Å². The van der Waals surface area contributed by atoms with E-state index in [1.807, 2.05) is 48.6 Å². The van der Waals surface area contributed by atoms with Gasteiger partial charge in [0, 0.05) is 12.8 Å². The summed E-state index contributed by atoms with van der Waals surface area (Å²) in [5.74, 6) is 0.000768. The van der Waals surface area contributed by atoms with Crippen LogP contribution in [0.2, 0.25) is 0 Å². The Morgan fingerprint density at radius 3 is 1.89 bits per heavy atom. The molecule has 0 radical (unpaired) electrons. The Hall–Kier alpha value is -2.74. The molecule has 0 saturated carbocycles. The Bertz CT molecular complexity index is 882. The van der Waals surface area contributed by atoms with Crippen molar-refractivity contribution in [2.75, 3.05) is 13.2 Å². The normalized spacial score (nSPS) is 14.7. The second kappa shape index (κ2) is 30.3. The highest BCUT2D eigenvalue weighted by atomic mass is 16.6. The lowest BCUT2D eigenvalue weighted by Crippen LogP contribution is -2.25. The van der Waals surface area contributed by atoms with Crippen molar-refractivity contribution in [1.29, 1.82) is 0 Å². The SMILES string of the molecule is CC/C=C\C[C@@H](O)/C=C/C=C\C/C=C\C=C\[C@@H](O)/C=C\CCCC(=O)OC[C@H](O)COC(=O)CCCCCCCCC(C)C. The highest BCUT2D eigenvalue weighted by Gasteiger charge is 2.12. The molecule has 0 aromatic rings. The van der Waals surface area contributed by atoms with Crippen molar-refractivity contribution in [2.45, 2.75) is 129 Å². The minimum absolute atomic E-state index is 0.179. The third kappa shape index (κ3) is 30.7. The molecule has 7 heteroatoms. The Labute approximate surface area is 267 Å². The summed E-state index contributed by atoms with van der Waals surface area (Å²) in [5.41, 5.74) is 0. The van der Waals surface area contributed by atoms with Gasteiger partial charge in [0.25, 0.3) is 0 Å². The van der Waals surface area contributed by atoms with Crippen LogP contribution in [0.15, 0.2) is 72.9 Å². The second-order valence-corrected chi connectivity index (χ2v) is 11.4. The van der Waals surface area contributed by atoms with E-state index in [9.17, 15) is 24.9 Å². The summed E-state index contributed by atoms with van der Waals surface area (Å²) in [4.78, 5) is 23.7. The van der Waals surface area contributed by atoms with Crippen LogP contribution in [-0.4, -0.2) is 58.8 Å². The van der Waals surface area contributed by atoms with Crippen molar-refractivity contribution >= 4 is 11.9 Å². The number of rotatable bonds is 27. The van der Waals surface area contributed by atoms with Crippen LogP contribution in [0.25, 0.3) is 0 Å². The van der Waals surface area contributed by atoms with Gasteiger partial charge in [-0.3, -0.25) is 9.59 Å². The van der Waals surface area contributed by atoms with Crippen molar-refractivity contribution in [3.8, 4) is 0 Å². The number of esters is 2. The maximum Gasteiger partial charge on any atom is 0.305 e. The molecule has 0 aliphatic rings. The first-order valence-electron chi connectivity index (χ1n) is 16.6. The summed E-state index contributed by atoms with van der Waals surface area (Å²) >= 11 is 0. The number of aliphatic hydroxyl groups excluding tert-OH is 3. The molecule has 0 spiro atoms. The molecule has 0 aliphatic carbocycles. The van der Waals surface area contributed by atoms with Gasteiger partial charge in [-0.2, -0.15) is 0 Å². The number of ether oxygens (including phenoxy) is 2. The Morgan fingerprint density at radius 2 is 1.25 bits per heavy atom. The Kier molecular flexibility index (Phi) is 28.4. The minimum Gasteiger partial charge on any atom is -0.463 e. The second-order valence-electron chi connectivity index (χ2n) is 11.4. The summed E-state index contributed by atoms with van der Waals surface area (Å²) in [6, 6.07) is 0. The lowest BCUT2D eigenvalue weighted by molar-refractivity contribution is -0.152. The molecule has 3 N–H and O–H groups in total. The van der Waals surface area contributed by atoms with Crippen LogP contribution in [0, 0.1) is 5.92 Å². The van der Waals surface area contributed by atoms with Gasteiger partial charge in [0.05, 0.1) is 12.2 Å². The Morgan fingerprint density at radius 1 is 0.659 bits per heavy atom. The quantitative estimate of drug-likeness (QED) is 0.0376. The molecule has 3 atom stereocenters. The van der Waals surface area contributed by atoms with E-state index in [-0.39, 0.29) is 25.6 Å². The Balaban J connectivity index is 3.83. The van der Waals surface area contributed by atoms with Crippen LogP contribution in [0.4, 0.5) is 0 Å². The number of carbonyl (C=O) groups is 2. The number of hydrogen-bond donors (Lipinski definition) is 3. The highest BCUT2D eigenvalue weighted by Crippen LogP contribution is 2.12. The third-order valence-electron chi connectivity index (χ3n) is 6.56. The summed E-state index contributed by atoms with van der Waals surface area (Å²) in [5, 5.41) is 29.7. The van der Waals surface area contributed by atoms with E-state index in [4.69, 9.17) is 9.47 Å². The van der Waals surface area contributed by atoms with Crippen LogP contribution >= 0.6 is 0 Å². The van der Waals surface area contributed by atoms with Gasteiger partial charge in [0.15, 0.2) is 0 Å². The van der Waals surface area contributed by atoms with Gasteiger partial charge < -0.3 is 24.8 Å². The molecule has 0 heterocycles. The average molecular weight is 617 g/mol. The number of hydrogen-bond acceptors (Lipinski definition) is 7. The summed E-state index contributed by atoms with van der Waals surface area (Å²) in [7, 11) is 0. The molecule has 7 nitrogen and oxygen atoms in total. The maximum absolute atomic E-state index is 11.9. The van der Waals surface area contributed by atoms with Crippen LogP contribution in [-0.2, 0) is 19.1 Å². The van der Waals surface area contributed by atoms with Crippen LogP contribution in [0.1, 0.15) is 111 Å². The molecule has 0 aliphatic heterocycles. The smallest absolute Gasteiger partial charge is 0.305 e. The van der Waals surface area contributed by atoms with E-state index in [0.29, 0.717) is 25.7 Å². The first-order valence-corrected chi connectivity index (χ1v) is 16.6. The van der Waals surface area contributed by atoms with Gasteiger partial charge in [-0.1, -0.05) is 132 Å². The number of allylic oxidation sites excluding steroid dienone is 8. The van der Waals surface area contributed by atoms with Crippen LogP contribution in [0.5, 0.6) is 0 Å². The summed E-state index contributed by atoms with van der Waals surface area (Å²) < 4.78 is 10.2. The topological polar surface area (TPSA) is 113 Å². The fourth-order valence-corrected chi connectivity index (χ4v) is 4.01. The molecule has 0 amide bonds. The van der Waals surface area contributed by atoms with Gasteiger partial charge in [0.1, 0.15) is 19.3 Å². The highest BCUT2D eigenvalue weighted by molar-refractivity contribution is 5.69. The van der Waals surface area contributed by atoms with Gasteiger partial charge in [-0.25, -0.2) is 0 Å². The molecule has 0 aromatic heterocycles. The summed E-state index contributed by atoms with van der Waals surface area (Å²) in [6.07, 6.45) is 31.9. The zero-order valence-corrected chi connectivity index (χ0v) is 27.5. The van der Waals surface area contributed by atoms with E-state index in [1.54, 1.807) is 24.3 Å². The average Bonchev–Trinajstić information content (AvgIpc) is 2.99. The molecule has 0 fully saturated rings. The van der Waals surface area contributed by atoms with E-state index in [2.05, 4.69) is 20.8 Å². The largest absolute Gasteiger partial charge is 0.463 e. The number of carbonyl (C=O) groups excluding carboxylic acids is 2. The summed E-state index contributed by atoms with van der Waals surface area (Å²) in [6.45, 7) is 6.16. The van der Waals surface area contributed by atoms with Crippen molar-refractivity contribution < 1.29 is 34.4 Å². The standard InChI is InChI=1S/C37H60O7/c1-4-5-16-24-33(38)25-18-12-7-6-8-13-19-26-34(39)27-20-15-22-29-37(42)44-31-35(40)30-43-36(41)28-21-14-10-9-11-17-23-32(2)3/h5,7-8,12-13,16,18-20,25-27,32-35,38-40H,4,6,9-11,14-15,17,21-24,28-31H2,1-3H3/b12-7-,13-8-,16-5-,25-18+,26-19+,27-20-/t33-,34-,35-/m1/s1. The van der Waals surface area contributed by atoms with Gasteiger partial charge in [-0.05, 0) is 44.4 Å². The lowest BCUT2D eigenvalue weighted by Gasteiger charge is -2.12. The molecule has 0 bridgehead atoms. The van der Waals surface area contributed by atoms with E-state index < -0.39 is 24.3 Å². The first kappa shape index (κ1) is 41.3. The molecular formula is C37H60O7. The van der Waals surface area contributed by atoms with Crippen molar-refractivity contribution in [1.82, 2.24) is 0 Å². The molecule has 0 unspecified atom stereocenters. The fourth-order valence-electron chi connectivity index (χ4n) is 4.01. The molecular weight excluding hydrogens is 556 g/mol. The van der Waals surface area contributed by atoms with E-state index in [0.717, 1.165) is 38.0 Å². The monoisotopic (exact) mass is 616 g/mol. The van der Waals surface area contributed by atoms with E-state index in [1.165, 1.54) is 25.7 Å². The third-order valence-corrected chi connectivity index (χ3v) is 6.56.